The molecule has 5 heteroatoms. The van der Waals surface area contributed by atoms with Crippen molar-refractivity contribution in [2.24, 2.45) is 11.8 Å². The van der Waals surface area contributed by atoms with Crippen LogP contribution in [0.1, 0.15) is 59.3 Å². The molecule has 21 heavy (non-hydrogen) atoms. The van der Waals surface area contributed by atoms with E-state index in [4.69, 9.17) is 5.11 Å². The molecule has 5 nitrogen and oxygen atoms in total. The van der Waals surface area contributed by atoms with Crippen LogP contribution in [0.25, 0.3) is 0 Å². The van der Waals surface area contributed by atoms with Crippen LogP contribution in [0.2, 0.25) is 0 Å². The van der Waals surface area contributed by atoms with Crippen molar-refractivity contribution >= 4 is 12.0 Å². The molecule has 3 atom stereocenters. The van der Waals surface area contributed by atoms with E-state index in [1.165, 1.54) is 6.42 Å². The molecule has 122 valence electrons. The number of hydrogen-bond acceptors (Lipinski definition) is 2. The van der Waals surface area contributed by atoms with Crippen LogP contribution in [0.3, 0.4) is 0 Å². The number of aliphatic carboxylic acids is 1. The number of rotatable bonds is 7. The molecule has 0 aliphatic carbocycles. The summed E-state index contributed by atoms with van der Waals surface area (Å²) in [4.78, 5) is 24.7. The van der Waals surface area contributed by atoms with Crippen molar-refractivity contribution in [3.05, 3.63) is 0 Å². The predicted molar refractivity (Wildman–Crippen MR) is 83.2 cm³/mol. The maximum Gasteiger partial charge on any atom is 0.317 e. The van der Waals surface area contributed by atoms with Gasteiger partial charge in [-0.05, 0) is 44.4 Å². The van der Waals surface area contributed by atoms with E-state index in [1.807, 2.05) is 4.90 Å². The first kappa shape index (κ1) is 17.8. The summed E-state index contributed by atoms with van der Waals surface area (Å²) >= 11 is 0. The van der Waals surface area contributed by atoms with Crippen LogP contribution >= 0.6 is 0 Å². The Kier molecular flexibility index (Phi) is 7.54. The maximum atomic E-state index is 12.2. The third-order valence-electron chi connectivity index (χ3n) is 4.55. The number of nitrogens with zero attached hydrogens (tertiary/aromatic N) is 1. The summed E-state index contributed by atoms with van der Waals surface area (Å²) in [5, 5.41) is 11.7. The van der Waals surface area contributed by atoms with Gasteiger partial charge in [-0.1, -0.05) is 20.3 Å². The Balaban J connectivity index is 2.29. The van der Waals surface area contributed by atoms with Crippen LogP contribution < -0.4 is 5.32 Å². The number of amides is 2. The van der Waals surface area contributed by atoms with Crippen LogP contribution in [0.4, 0.5) is 4.79 Å². The first-order valence-corrected chi connectivity index (χ1v) is 8.20. The molecule has 1 heterocycles. The van der Waals surface area contributed by atoms with Crippen molar-refractivity contribution in [3.8, 4) is 0 Å². The first-order chi connectivity index (χ1) is 9.93. The maximum absolute atomic E-state index is 12.2. The largest absolute Gasteiger partial charge is 0.481 e. The van der Waals surface area contributed by atoms with Gasteiger partial charge in [0.15, 0.2) is 0 Å². The average molecular weight is 298 g/mol. The lowest BCUT2D eigenvalue weighted by Gasteiger charge is -2.36. The van der Waals surface area contributed by atoms with Crippen LogP contribution in [0.15, 0.2) is 0 Å². The third kappa shape index (κ3) is 6.36. The highest BCUT2D eigenvalue weighted by Gasteiger charge is 2.26. The van der Waals surface area contributed by atoms with E-state index >= 15 is 0 Å². The second-order valence-electron chi connectivity index (χ2n) is 6.41. The Hall–Kier alpha value is -1.26. The molecule has 2 amide bonds. The smallest absolute Gasteiger partial charge is 0.317 e. The highest BCUT2D eigenvalue weighted by molar-refractivity contribution is 5.74. The molecular weight excluding hydrogens is 268 g/mol. The molecule has 0 spiro atoms. The van der Waals surface area contributed by atoms with Gasteiger partial charge in [-0.2, -0.15) is 0 Å². The van der Waals surface area contributed by atoms with Gasteiger partial charge in [0.1, 0.15) is 0 Å². The molecule has 0 aromatic carbocycles. The molecule has 0 aromatic heterocycles. The third-order valence-corrected chi connectivity index (χ3v) is 4.55. The van der Waals surface area contributed by atoms with E-state index in [0.29, 0.717) is 30.8 Å². The number of carboxylic acid groups (broad SMARTS) is 1. The van der Waals surface area contributed by atoms with Gasteiger partial charge < -0.3 is 15.3 Å². The number of carboxylic acids is 1. The molecule has 3 unspecified atom stereocenters. The molecule has 0 saturated carbocycles. The lowest BCUT2D eigenvalue weighted by molar-refractivity contribution is -0.137. The fourth-order valence-corrected chi connectivity index (χ4v) is 2.94. The van der Waals surface area contributed by atoms with Crippen LogP contribution in [0, 0.1) is 11.8 Å². The molecule has 1 aliphatic heterocycles. The molecule has 1 rings (SSSR count). The second-order valence-corrected chi connectivity index (χ2v) is 6.41. The topological polar surface area (TPSA) is 69.6 Å². The molecule has 0 aromatic rings. The van der Waals surface area contributed by atoms with E-state index < -0.39 is 5.97 Å². The number of nitrogens with one attached hydrogen (secondary N) is 1. The zero-order valence-electron chi connectivity index (χ0n) is 13.6. The molecular formula is C16H30N2O3. The summed E-state index contributed by atoms with van der Waals surface area (Å²) in [6, 6.07) is 0.345. The lowest BCUT2D eigenvalue weighted by atomic mass is 9.95. The molecule has 1 fully saturated rings. The Labute approximate surface area is 128 Å². The minimum Gasteiger partial charge on any atom is -0.481 e. The average Bonchev–Trinajstić information content (AvgIpc) is 2.44. The molecule has 0 radical (unpaired) electrons. The first-order valence-electron chi connectivity index (χ1n) is 8.20. The summed E-state index contributed by atoms with van der Waals surface area (Å²) < 4.78 is 0. The highest BCUT2D eigenvalue weighted by Crippen LogP contribution is 2.21. The molecule has 1 aliphatic rings. The fourth-order valence-electron chi connectivity index (χ4n) is 2.94. The van der Waals surface area contributed by atoms with Crippen molar-refractivity contribution in [2.45, 2.75) is 65.3 Å². The Bertz CT molecular complexity index is 346. The summed E-state index contributed by atoms with van der Waals surface area (Å²) in [6.45, 7) is 7.83. The van der Waals surface area contributed by atoms with E-state index in [2.05, 4.69) is 26.1 Å². The molecule has 1 saturated heterocycles. The quantitative estimate of drug-likeness (QED) is 0.759. The fraction of sp³-hybridized carbons (Fsp3) is 0.875. The monoisotopic (exact) mass is 298 g/mol. The summed E-state index contributed by atoms with van der Waals surface area (Å²) in [6.07, 6.45) is 4.99. The van der Waals surface area contributed by atoms with Gasteiger partial charge in [-0.25, -0.2) is 4.79 Å². The Morgan fingerprint density at radius 2 is 2.00 bits per heavy atom. The number of piperidine rings is 1. The van der Waals surface area contributed by atoms with E-state index in [1.54, 1.807) is 0 Å². The van der Waals surface area contributed by atoms with Gasteiger partial charge in [-0.3, -0.25) is 4.79 Å². The van der Waals surface area contributed by atoms with Crippen molar-refractivity contribution in [1.29, 1.82) is 0 Å². The van der Waals surface area contributed by atoms with Crippen molar-refractivity contribution in [3.63, 3.8) is 0 Å². The Morgan fingerprint density at radius 1 is 1.29 bits per heavy atom. The van der Waals surface area contributed by atoms with Crippen LogP contribution in [-0.2, 0) is 4.79 Å². The highest BCUT2D eigenvalue weighted by atomic mass is 16.4. The number of carbonyl (C=O) groups is 2. The van der Waals surface area contributed by atoms with Gasteiger partial charge in [0.05, 0.1) is 0 Å². The minimum atomic E-state index is -0.742. The van der Waals surface area contributed by atoms with Crippen molar-refractivity contribution in [2.75, 3.05) is 13.1 Å². The van der Waals surface area contributed by atoms with Gasteiger partial charge in [0, 0.05) is 25.6 Å². The van der Waals surface area contributed by atoms with Gasteiger partial charge in [0.25, 0.3) is 0 Å². The number of carbonyl (C=O) groups excluding carboxylic acids is 1. The normalized spacial score (nSPS) is 23.7. The van der Waals surface area contributed by atoms with Gasteiger partial charge in [-0.15, -0.1) is 0 Å². The standard InChI is InChI=1S/C16H30N2O3/c1-4-14(7-8-15(19)20)9-10-17-16(21)18-11-12(2)5-6-13(18)3/h12-14H,4-11H2,1-3H3,(H,17,21)(H,19,20). The minimum absolute atomic E-state index is 0.0298. The number of urea groups is 1. The molecule has 0 bridgehead atoms. The lowest BCUT2D eigenvalue weighted by Crippen LogP contribution is -2.49. The van der Waals surface area contributed by atoms with E-state index in [-0.39, 0.29) is 12.5 Å². The summed E-state index contributed by atoms with van der Waals surface area (Å²) in [5.74, 6) is 0.207. The summed E-state index contributed by atoms with van der Waals surface area (Å²) in [5.41, 5.74) is 0. The van der Waals surface area contributed by atoms with Gasteiger partial charge in [0.2, 0.25) is 0 Å². The number of hydrogen-bond donors (Lipinski definition) is 2. The Morgan fingerprint density at radius 3 is 2.62 bits per heavy atom. The van der Waals surface area contributed by atoms with Crippen molar-refractivity contribution in [1.82, 2.24) is 10.2 Å². The van der Waals surface area contributed by atoms with Crippen molar-refractivity contribution < 1.29 is 14.7 Å². The number of likely N-dealkylation sites (tertiary alicyclic amines) is 1. The second kappa shape index (κ2) is 8.90. The predicted octanol–water partition coefficient (Wildman–Crippen LogP) is 3.10. The van der Waals surface area contributed by atoms with Crippen LogP contribution in [0.5, 0.6) is 0 Å². The van der Waals surface area contributed by atoms with Gasteiger partial charge >= 0.3 is 12.0 Å². The van der Waals surface area contributed by atoms with E-state index in [0.717, 1.165) is 25.8 Å². The van der Waals surface area contributed by atoms with E-state index in [9.17, 15) is 9.59 Å². The van der Waals surface area contributed by atoms with Crippen LogP contribution in [-0.4, -0.2) is 41.1 Å². The SMILES string of the molecule is CCC(CCNC(=O)N1CC(C)CCC1C)CCC(=O)O. The summed E-state index contributed by atoms with van der Waals surface area (Å²) in [7, 11) is 0. The zero-order valence-corrected chi connectivity index (χ0v) is 13.6. The molecule has 2 N–H and O–H groups in total. The zero-order chi connectivity index (χ0) is 15.8.